The second-order valence-electron chi connectivity index (χ2n) is 7.59. The first kappa shape index (κ1) is 19.0. The van der Waals surface area contributed by atoms with Crippen molar-refractivity contribution in [2.75, 3.05) is 30.3 Å². The Labute approximate surface area is 171 Å². The van der Waals surface area contributed by atoms with Gasteiger partial charge in [0, 0.05) is 48.7 Å². The van der Waals surface area contributed by atoms with E-state index >= 15 is 0 Å². The van der Waals surface area contributed by atoms with Crippen LogP contribution in [0.2, 0.25) is 0 Å². The molecule has 1 aliphatic rings. The van der Waals surface area contributed by atoms with Gasteiger partial charge in [0.2, 0.25) is 0 Å². The Bertz CT molecular complexity index is 1020. The van der Waals surface area contributed by atoms with Gasteiger partial charge in [-0.2, -0.15) is 0 Å². The van der Waals surface area contributed by atoms with Crippen LogP contribution in [0.5, 0.6) is 0 Å². The van der Waals surface area contributed by atoms with Crippen LogP contribution in [0.3, 0.4) is 0 Å². The van der Waals surface area contributed by atoms with Crippen molar-refractivity contribution in [2.24, 2.45) is 0 Å². The molecule has 0 saturated carbocycles. The lowest BCUT2D eigenvalue weighted by Crippen LogP contribution is -2.54. The number of para-hydroxylation sites is 1. The lowest BCUT2D eigenvalue weighted by atomic mass is 10.0. The number of hydrogen-bond acceptors (Lipinski definition) is 4. The molecule has 0 spiro atoms. The van der Waals surface area contributed by atoms with E-state index in [9.17, 15) is 4.79 Å². The highest BCUT2D eigenvalue weighted by atomic mass is 16.2. The van der Waals surface area contributed by atoms with Crippen LogP contribution >= 0.6 is 0 Å². The number of aryl methyl sites for hydroxylation is 1. The summed E-state index contributed by atoms with van der Waals surface area (Å²) in [7, 11) is 0. The fraction of sp³-hybridized carbons (Fsp3) is 0.250. The SMILES string of the molecule is Cc1ccccc1N1CCN(C(=O)c2ccc(-c3cccnc3N)cc2)[C@H](C)C1. The minimum Gasteiger partial charge on any atom is -0.383 e. The molecule has 29 heavy (non-hydrogen) atoms. The first-order valence-corrected chi connectivity index (χ1v) is 9.97. The number of carbonyl (C=O) groups is 1. The van der Waals surface area contributed by atoms with E-state index in [1.165, 1.54) is 11.3 Å². The fourth-order valence-electron chi connectivity index (χ4n) is 4.02. The van der Waals surface area contributed by atoms with Crippen molar-refractivity contribution in [3.05, 3.63) is 78.0 Å². The summed E-state index contributed by atoms with van der Waals surface area (Å²) in [5.41, 5.74) is 11.0. The third kappa shape index (κ3) is 3.81. The van der Waals surface area contributed by atoms with Gasteiger partial charge in [-0.3, -0.25) is 4.79 Å². The van der Waals surface area contributed by atoms with E-state index in [0.29, 0.717) is 17.9 Å². The monoisotopic (exact) mass is 386 g/mol. The molecule has 1 aromatic heterocycles. The molecule has 5 nitrogen and oxygen atoms in total. The van der Waals surface area contributed by atoms with Crippen molar-refractivity contribution in [2.45, 2.75) is 19.9 Å². The zero-order valence-corrected chi connectivity index (χ0v) is 16.9. The zero-order valence-electron chi connectivity index (χ0n) is 16.9. The highest BCUT2D eigenvalue weighted by Gasteiger charge is 2.28. The van der Waals surface area contributed by atoms with E-state index < -0.39 is 0 Å². The smallest absolute Gasteiger partial charge is 0.254 e. The summed E-state index contributed by atoms with van der Waals surface area (Å²) in [6.45, 7) is 6.64. The number of nitrogens with two attached hydrogens (primary N) is 1. The Kier molecular flexibility index (Phi) is 5.21. The lowest BCUT2D eigenvalue weighted by molar-refractivity contribution is 0.0674. The molecular formula is C24H26N4O. The molecule has 2 aromatic carbocycles. The summed E-state index contributed by atoms with van der Waals surface area (Å²) >= 11 is 0. The summed E-state index contributed by atoms with van der Waals surface area (Å²) < 4.78 is 0. The summed E-state index contributed by atoms with van der Waals surface area (Å²) in [5.74, 6) is 0.570. The molecule has 1 atom stereocenters. The molecule has 2 heterocycles. The Morgan fingerprint density at radius 3 is 2.48 bits per heavy atom. The van der Waals surface area contributed by atoms with Crippen molar-refractivity contribution in [1.29, 1.82) is 0 Å². The molecule has 1 fully saturated rings. The summed E-state index contributed by atoms with van der Waals surface area (Å²) in [6.07, 6.45) is 1.68. The molecule has 4 rings (SSSR count). The van der Waals surface area contributed by atoms with Crippen molar-refractivity contribution in [3.63, 3.8) is 0 Å². The number of anilines is 2. The maximum atomic E-state index is 13.1. The van der Waals surface area contributed by atoms with E-state index in [-0.39, 0.29) is 11.9 Å². The Morgan fingerprint density at radius 1 is 1.03 bits per heavy atom. The molecule has 1 amide bonds. The number of amides is 1. The third-order valence-electron chi connectivity index (χ3n) is 5.63. The summed E-state index contributed by atoms with van der Waals surface area (Å²) in [6, 6.07) is 20.0. The highest BCUT2D eigenvalue weighted by molar-refractivity contribution is 5.95. The first-order chi connectivity index (χ1) is 14.0. The minimum atomic E-state index is 0.0765. The number of benzene rings is 2. The average Bonchev–Trinajstić information content (AvgIpc) is 2.74. The first-order valence-electron chi connectivity index (χ1n) is 9.97. The Hall–Kier alpha value is -3.34. The van der Waals surface area contributed by atoms with Crippen LogP contribution in [0.25, 0.3) is 11.1 Å². The highest BCUT2D eigenvalue weighted by Crippen LogP contribution is 2.26. The van der Waals surface area contributed by atoms with Gasteiger partial charge in [0.1, 0.15) is 5.82 Å². The second kappa shape index (κ2) is 7.95. The van der Waals surface area contributed by atoms with Gasteiger partial charge in [-0.05, 0) is 55.3 Å². The molecule has 148 valence electrons. The number of rotatable bonds is 3. The van der Waals surface area contributed by atoms with E-state index in [4.69, 9.17) is 5.73 Å². The number of hydrogen-bond donors (Lipinski definition) is 1. The predicted molar refractivity (Wildman–Crippen MR) is 118 cm³/mol. The van der Waals surface area contributed by atoms with Crippen molar-refractivity contribution < 1.29 is 4.79 Å². The molecular weight excluding hydrogens is 360 g/mol. The molecule has 0 aliphatic carbocycles. The zero-order chi connectivity index (χ0) is 20.4. The molecule has 0 unspecified atom stereocenters. The maximum absolute atomic E-state index is 13.1. The Balaban J connectivity index is 1.48. The molecule has 0 bridgehead atoms. The van der Waals surface area contributed by atoms with Crippen LogP contribution in [0.1, 0.15) is 22.8 Å². The van der Waals surface area contributed by atoms with Gasteiger partial charge in [-0.15, -0.1) is 0 Å². The van der Waals surface area contributed by atoms with Crippen LogP contribution in [-0.2, 0) is 0 Å². The molecule has 5 heteroatoms. The van der Waals surface area contributed by atoms with Gasteiger partial charge in [0.25, 0.3) is 5.91 Å². The van der Waals surface area contributed by atoms with Crippen LogP contribution in [0.15, 0.2) is 66.9 Å². The molecule has 0 radical (unpaired) electrons. The summed E-state index contributed by atoms with van der Waals surface area (Å²) in [5, 5.41) is 0. The van der Waals surface area contributed by atoms with Gasteiger partial charge in [0.15, 0.2) is 0 Å². The molecule has 2 N–H and O–H groups in total. The van der Waals surface area contributed by atoms with Crippen molar-refractivity contribution in [3.8, 4) is 11.1 Å². The van der Waals surface area contributed by atoms with Gasteiger partial charge in [-0.25, -0.2) is 4.98 Å². The Morgan fingerprint density at radius 2 is 1.79 bits per heavy atom. The fourth-order valence-corrected chi connectivity index (χ4v) is 4.02. The second-order valence-corrected chi connectivity index (χ2v) is 7.59. The average molecular weight is 386 g/mol. The molecule has 3 aromatic rings. The van der Waals surface area contributed by atoms with Crippen LogP contribution in [0, 0.1) is 6.92 Å². The predicted octanol–water partition coefficient (Wildman–Crippen LogP) is 3.99. The largest absolute Gasteiger partial charge is 0.383 e. The van der Waals surface area contributed by atoms with Crippen LogP contribution in [0.4, 0.5) is 11.5 Å². The third-order valence-corrected chi connectivity index (χ3v) is 5.63. The van der Waals surface area contributed by atoms with Gasteiger partial charge in [-0.1, -0.05) is 30.3 Å². The van der Waals surface area contributed by atoms with E-state index in [2.05, 4.69) is 48.0 Å². The number of carbonyl (C=O) groups excluding carboxylic acids is 1. The van der Waals surface area contributed by atoms with E-state index in [0.717, 1.165) is 24.2 Å². The maximum Gasteiger partial charge on any atom is 0.254 e. The number of pyridine rings is 1. The van der Waals surface area contributed by atoms with Gasteiger partial charge < -0.3 is 15.5 Å². The topological polar surface area (TPSA) is 62.5 Å². The van der Waals surface area contributed by atoms with Gasteiger partial charge >= 0.3 is 0 Å². The van der Waals surface area contributed by atoms with Crippen LogP contribution in [-0.4, -0.2) is 41.5 Å². The molecule has 1 aliphatic heterocycles. The van der Waals surface area contributed by atoms with Crippen LogP contribution < -0.4 is 10.6 Å². The van der Waals surface area contributed by atoms with E-state index in [1.54, 1.807) is 6.20 Å². The van der Waals surface area contributed by atoms with Gasteiger partial charge in [0.05, 0.1) is 0 Å². The number of nitrogens with zero attached hydrogens (tertiary/aromatic N) is 3. The minimum absolute atomic E-state index is 0.0765. The number of piperazine rings is 1. The number of nitrogen functional groups attached to an aromatic ring is 1. The number of aromatic nitrogens is 1. The summed E-state index contributed by atoms with van der Waals surface area (Å²) in [4.78, 5) is 21.6. The van der Waals surface area contributed by atoms with Crippen molar-refractivity contribution in [1.82, 2.24) is 9.88 Å². The standard InChI is InChI=1S/C24H26N4O/c1-17-6-3-4-8-22(17)27-14-15-28(18(2)16-27)24(29)20-11-9-19(10-12-20)21-7-5-13-26-23(21)25/h3-13,18H,14-16H2,1-2H3,(H2,25,26)/t18-/m1/s1. The quantitative estimate of drug-likeness (QED) is 0.739. The molecule has 1 saturated heterocycles. The van der Waals surface area contributed by atoms with E-state index in [1.807, 2.05) is 41.3 Å². The lowest BCUT2D eigenvalue weighted by Gasteiger charge is -2.41. The normalized spacial score (nSPS) is 16.7. The van der Waals surface area contributed by atoms with Crippen molar-refractivity contribution >= 4 is 17.4 Å².